The standard InChI is InChI=1S/C15H19N3O/c1-11-5-3-6-13(9-11)17-15(19)10-18-8-4-7-14(18)12(2)16/h3-9,12H,10,16H2,1-2H3,(H,17,19). The maximum absolute atomic E-state index is 12.0. The highest BCUT2D eigenvalue weighted by atomic mass is 16.1. The van der Waals surface area contributed by atoms with Gasteiger partial charge in [0.1, 0.15) is 6.54 Å². The molecule has 1 aromatic carbocycles. The molecule has 100 valence electrons. The van der Waals surface area contributed by atoms with Gasteiger partial charge < -0.3 is 15.6 Å². The van der Waals surface area contributed by atoms with Crippen LogP contribution in [0.15, 0.2) is 42.6 Å². The summed E-state index contributed by atoms with van der Waals surface area (Å²) in [7, 11) is 0. The third kappa shape index (κ3) is 3.45. The van der Waals surface area contributed by atoms with Gasteiger partial charge in [0.05, 0.1) is 0 Å². The van der Waals surface area contributed by atoms with E-state index >= 15 is 0 Å². The summed E-state index contributed by atoms with van der Waals surface area (Å²) in [6.45, 7) is 4.18. The van der Waals surface area contributed by atoms with Crippen LogP contribution in [0.2, 0.25) is 0 Å². The molecule has 2 rings (SSSR count). The van der Waals surface area contributed by atoms with Crippen molar-refractivity contribution in [2.24, 2.45) is 5.73 Å². The minimum absolute atomic E-state index is 0.0521. The molecule has 1 aromatic heterocycles. The number of carbonyl (C=O) groups excluding carboxylic acids is 1. The quantitative estimate of drug-likeness (QED) is 0.883. The van der Waals surface area contributed by atoms with Gasteiger partial charge in [-0.3, -0.25) is 4.79 Å². The van der Waals surface area contributed by atoms with E-state index in [2.05, 4.69) is 5.32 Å². The lowest BCUT2D eigenvalue weighted by Crippen LogP contribution is -2.21. The Morgan fingerprint density at radius 1 is 1.37 bits per heavy atom. The van der Waals surface area contributed by atoms with Crippen molar-refractivity contribution in [1.29, 1.82) is 0 Å². The Bertz CT molecular complexity index is 572. The molecule has 0 saturated carbocycles. The van der Waals surface area contributed by atoms with E-state index in [9.17, 15) is 4.79 Å². The van der Waals surface area contributed by atoms with Gasteiger partial charge in [-0.25, -0.2) is 0 Å². The van der Waals surface area contributed by atoms with Crippen molar-refractivity contribution in [3.8, 4) is 0 Å². The topological polar surface area (TPSA) is 60.0 Å². The van der Waals surface area contributed by atoms with Gasteiger partial charge in [-0.15, -0.1) is 0 Å². The van der Waals surface area contributed by atoms with Crippen LogP contribution in [0.3, 0.4) is 0 Å². The molecule has 0 fully saturated rings. The smallest absolute Gasteiger partial charge is 0.244 e. The van der Waals surface area contributed by atoms with Gasteiger partial charge in [0.15, 0.2) is 0 Å². The minimum Gasteiger partial charge on any atom is -0.341 e. The van der Waals surface area contributed by atoms with Crippen molar-refractivity contribution >= 4 is 11.6 Å². The van der Waals surface area contributed by atoms with Gasteiger partial charge in [0, 0.05) is 23.6 Å². The first-order valence-electron chi connectivity index (χ1n) is 6.33. The van der Waals surface area contributed by atoms with E-state index in [4.69, 9.17) is 5.73 Å². The van der Waals surface area contributed by atoms with E-state index in [1.807, 2.05) is 61.0 Å². The van der Waals surface area contributed by atoms with E-state index in [0.717, 1.165) is 16.9 Å². The third-order valence-electron chi connectivity index (χ3n) is 2.95. The highest BCUT2D eigenvalue weighted by Crippen LogP contribution is 2.12. The maximum Gasteiger partial charge on any atom is 0.244 e. The van der Waals surface area contributed by atoms with Crippen molar-refractivity contribution in [2.75, 3.05) is 5.32 Å². The molecule has 1 atom stereocenters. The number of anilines is 1. The summed E-state index contributed by atoms with van der Waals surface area (Å²) in [5.41, 5.74) is 8.75. The molecule has 19 heavy (non-hydrogen) atoms. The normalized spacial score (nSPS) is 12.2. The van der Waals surface area contributed by atoms with Crippen LogP contribution in [-0.2, 0) is 11.3 Å². The average molecular weight is 257 g/mol. The van der Waals surface area contributed by atoms with Gasteiger partial charge in [-0.2, -0.15) is 0 Å². The lowest BCUT2D eigenvalue weighted by molar-refractivity contribution is -0.116. The highest BCUT2D eigenvalue weighted by molar-refractivity contribution is 5.90. The molecule has 3 N–H and O–H groups in total. The fraction of sp³-hybridized carbons (Fsp3) is 0.267. The molecule has 0 bridgehead atoms. The number of nitrogens with zero attached hydrogens (tertiary/aromatic N) is 1. The minimum atomic E-state index is -0.0817. The molecule has 1 amide bonds. The molecule has 0 spiro atoms. The first-order valence-corrected chi connectivity index (χ1v) is 6.33. The number of rotatable bonds is 4. The zero-order chi connectivity index (χ0) is 13.8. The molecular formula is C15H19N3O. The van der Waals surface area contributed by atoms with Crippen molar-refractivity contribution in [1.82, 2.24) is 4.57 Å². The Morgan fingerprint density at radius 3 is 2.84 bits per heavy atom. The number of nitrogens with one attached hydrogen (secondary N) is 1. The van der Waals surface area contributed by atoms with Crippen LogP contribution in [0.4, 0.5) is 5.69 Å². The van der Waals surface area contributed by atoms with E-state index in [1.165, 1.54) is 0 Å². The Labute approximate surface area is 113 Å². The summed E-state index contributed by atoms with van der Waals surface area (Å²) in [5.74, 6) is -0.0521. The van der Waals surface area contributed by atoms with Crippen LogP contribution < -0.4 is 11.1 Å². The van der Waals surface area contributed by atoms with Crippen LogP contribution in [0, 0.1) is 6.92 Å². The summed E-state index contributed by atoms with van der Waals surface area (Å²) in [5, 5.41) is 2.89. The molecule has 1 heterocycles. The van der Waals surface area contributed by atoms with Crippen LogP contribution in [-0.4, -0.2) is 10.5 Å². The summed E-state index contributed by atoms with van der Waals surface area (Å²) in [4.78, 5) is 12.0. The first kappa shape index (κ1) is 13.4. The second-order valence-electron chi connectivity index (χ2n) is 4.77. The number of benzene rings is 1. The number of hydrogen-bond donors (Lipinski definition) is 2. The van der Waals surface area contributed by atoms with Gasteiger partial charge in [0.2, 0.25) is 5.91 Å². The molecule has 0 aliphatic heterocycles. The molecular weight excluding hydrogens is 238 g/mol. The van der Waals surface area contributed by atoms with Crippen molar-refractivity contribution < 1.29 is 4.79 Å². The fourth-order valence-electron chi connectivity index (χ4n) is 2.06. The molecule has 2 aromatic rings. The summed E-state index contributed by atoms with van der Waals surface area (Å²) in [6, 6.07) is 11.5. The number of hydrogen-bond acceptors (Lipinski definition) is 2. The van der Waals surface area contributed by atoms with Crippen LogP contribution in [0.25, 0.3) is 0 Å². The molecule has 0 aliphatic carbocycles. The Morgan fingerprint density at radius 2 is 2.16 bits per heavy atom. The summed E-state index contributed by atoms with van der Waals surface area (Å²) < 4.78 is 1.87. The lowest BCUT2D eigenvalue weighted by Gasteiger charge is -2.12. The Hall–Kier alpha value is -2.07. The van der Waals surface area contributed by atoms with Gasteiger partial charge in [-0.1, -0.05) is 12.1 Å². The molecule has 0 radical (unpaired) electrons. The summed E-state index contributed by atoms with van der Waals surface area (Å²) >= 11 is 0. The second kappa shape index (κ2) is 5.71. The fourth-order valence-corrected chi connectivity index (χ4v) is 2.06. The zero-order valence-corrected chi connectivity index (χ0v) is 11.3. The van der Waals surface area contributed by atoms with Gasteiger partial charge in [0.25, 0.3) is 0 Å². The monoisotopic (exact) mass is 257 g/mol. The number of amides is 1. The predicted molar refractivity (Wildman–Crippen MR) is 76.8 cm³/mol. The SMILES string of the molecule is Cc1cccc(NC(=O)Cn2cccc2C(C)N)c1. The molecule has 1 unspecified atom stereocenters. The predicted octanol–water partition coefficient (Wildman–Crippen LogP) is 2.45. The number of carbonyl (C=O) groups is 1. The lowest BCUT2D eigenvalue weighted by atomic mass is 10.2. The van der Waals surface area contributed by atoms with E-state index in [0.29, 0.717) is 0 Å². The molecule has 0 saturated heterocycles. The van der Waals surface area contributed by atoms with E-state index in [1.54, 1.807) is 0 Å². The number of aryl methyl sites for hydroxylation is 1. The van der Waals surface area contributed by atoms with Crippen molar-refractivity contribution in [3.63, 3.8) is 0 Å². The van der Waals surface area contributed by atoms with Crippen molar-refractivity contribution in [2.45, 2.75) is 26.4 Å². The van der Waals surface area contributed by atoms with E-state index in [-0.39, 0.29) is 18.5 Å². The largest absolute Gasteiger partial charge is 0.341 e. The van der Waals surface area contributed by atoms with Crippen LogP contribution in [0.5, 0.6) is 0 Å². The Kier molecular flexibility index (Phi) is 4.02. The number of nitrogens with two attached hydrogens (primary N) is 1. The second-order valence-corrected chi connectivity index (χ2v) is 4.77. The van der Waals surface area contributed by atoms with Crippen LogP contribution in [0.1, 0.15) is 24.2 Å². The average Bonchev–Trinajstić information content (AvgIpc) is 2.76. The zero-order valence-electron chi connectivity index (χ0n) is 11.3. The van der Waals surface area contributed by atoms with Gasteiger partial charge >= 0.3 is 0 Å². The van der Waals surface area contributed by atoms with E-state index < -0.39 is 0 Å². The van der Waals surface area contributed by atoms with Crippen LogP contribution >= 0.6 is 0 Å². The molecule has 0 aliphatic rings. The van der Waals surface area contributed by atoms with Crippen molar-refractivity contribution in [3.05, 3.63) is 53.9 Å². The number of aromatic nitrogens is 1. The maximum atomic E-state index is 12.0. The Balaban J connectivity index is 2.03. The van der Waals surface area contributed by atoms with Gasteiger partial charge in [-0.05, 0) is 43.7 Å². The molecule has 4 heteroatoms. The highest BCUT2D eigenvalue weighted by Gasteiger charge is 2.09. The third-order valence-corrected chi connectivity index (χ3v) is 2.95. The first-order chi connectivity index (χ1) is 9.06. The summed E-state index contributed by atoms with van der Waals surface area (Å²) in [6.07, 6.45) is 1.87. The molecule has 4 nitrogen and oxygen atoms in total.